The topological polar surface area (TPSA) is 13.1 Å². The van der Waals surface area contributed by atoms with Crippen LogP contribution in [0.3, 0.4) is 0 Å². The molecule has 0 N–H and O–H groups in total. The quantitative estimate of drug-likeness (QED) is 0.263. The molecule has 3 aromatic carbocycles. The summed E-state index contributed by atoms with van der Waals surface area (Å²) in [5.74, 6) is 3.14. The Balaban J connectivity index is 1.70. The van der Waals surface area contributed by atoms with Gasteiger partial charge in [0.05, 0.1) is 10.9 Å². The van der Waals surface area contributed by atoms with E-state index in [1.807, 2.05) is 0 Å². The molecule has 0 unspecified atom stereocenters. The first-order valence-electron chi connectivity index (χ1n) is 12.2. The molecule has 1 saturated carbocycles. The highest BCUT2D eigenvalue weighted by atomic mass is 16.5. The predicted octanol–water partition coefficient (Wildman–Crippen LogP) is 7.99. The fourth-order valence-corrected chi connectivity index (χ4v) is 6.06. The van der Waals surface area contributed by atoms with Crippen LogP contribution in [0.1, 0.15) is 73.6 Å². The van der Waals surface area contributed by atoms with Gasteiger partial charge in [0.2, 0.25) is 5.52 Å². The van der Waals surface area contributed by atoms with Gasteiger partial charge in [0.25, 0.3) is 5.69 Å². The molecular weight excluding hydrogens is 390 g/mol. The molecule has 162 valence electrons. The predicted molar refractivity (Wildman–Crippen MR) is 133 cm³/mol. The summed E-state index contributed by atoms with van der Waals surface area (Å²) >= 11 is 0. The molecule has 1 fully saturated rings. The number of aryl methyl sites for hydroxylation is 2. The van der Waals surface area contributed by atoms with Crippen molar-refractivity contribution in [2.24, 2.45) is 7.05 Å². The SMILES string of the molecule is Cc1cc2cc(C(C)C)cc3c2c(c1C)-c1c(cc2c(C4CCCC4)cccc2[n+]1C)O3. The Morgan fingerprint density at radius 3 is 2.50 bits per heavy atom. The van der Waals surface area contributed by atoms with E-state index in [0.29, 0.717) is 11.8 Å². The number of rotatable bonds is 2. The normalized spacial score (nSPS) is 15.6. The van der Waals surface area contributed by atoms with Crippen molar-refractivity contribution in [2.75, 3.05) is 0 Å². The molecule has 32 heavy (non-hydrogen) atoms. The highest BCUT2D eigenvalue weighted by Crippen LogP contribution is 2.49. The molecule has 1 aliphatic heterocycles. The fraction of sp³-hybridized carbons (Fsp3) is 0.367. The number of pyridine rings is 1. The standard InChI is InChI=1S/C30H32NO/c1-17(2)21-14-22-13-18(3)19(4)28-29(22)26(15-21)32-27-16-24-23(20-9-6-7-10-20)11-8-12-25(24)31(5)30(27)28/h8,11-17,20H,6-7,9-10H2,1-5H3/q+1. The maximum absolute atomic E-state index is 6.72. The molecule has 2 heteroatoms. The molecule has 1 aromatic heterocycles. The molecule has 0 radical (unpaired) electrons. The van der Waals surface area contributed by atoms with E-state index in [-0.39, 0.29) is 0 Å². The second kappa shape index (κ2) is 7.07. The van der Waals surface area contributed by atoms with Crippen molar-refractivity contribution in [1.82, 2.24) is 0 Å². The zero-order valence-electron chi connectivity index (χ0n) is 19.9. The van der Waals surface area contributed by atoms with Crippen molar-refractivity contribution in [1.29, 1.82) is 0 Å². The van der Waals surface area contributed by atoms with Crippen LogP contribution in [-0.4, -0.2) is 0 Å². The van der Waals surface area contributed by atoms with Gasteiger partial charge in [-0.3, -0.25) is 0 Å². The number of ether oxygens (including phenoxy) is 1. The molecule has 6 rings (SSSR count). The van der Waals surface area contributed by atoms with E-state index in [1.165, 1.54) is 80.9 Å². The summed E-state index contributed by atoms with van der Waals surface area (Å²) in [4.78, 5) is 0. The molecule has 2 nitrogen and oxygen atoms in total. The van der Waals surface area contributed by atoms with Crippen molar-refractivity contribution in [3.8, 4) is 22.8 Å². The highest BCUT2D eigenvalue weighted by molar-refractivity contribution is 6.05. The van der Waals surface area contributed by atoms with Gasteiger partial charge in [-0.05, 0) is 72.2 Å². The van der Waals surface area contributed by atoms with Gasteiger partial charge in [0.15, 0.2) is 5.75 Å². The van der Waals surface area contributed by atoms with Gasteiger partial charge in [0.1, 0.15) is 12.8 Å². The summed E-state index contributed by atoms with van der Waals surface area (Å²) in [6, 6.07) is 16.1. The largest absolute Gasteiger partial charge is 0.450 e. The highest BCUT2D eigenvalue weighted by Gasteiger charge is 2.33. The summed E-state index contributed by atoms with van der Waals surface area (Å²) < 4.78 is 9.10. The Bertz CT molecular complexity index is 1410. The number of benzene rings is 3. The van der Waals surface area contributed by atoms with Crippen molar-refractivity contribution < 1.29 is 9.30 Å². The molecule has 0 amide bonds. The van der Waals surface area contributed by atoms with Gasteiger partial charge in [-0.25, -0.2) is 0 Å². The lowest BCUT2D eigenvalue weighted by Crippen LogP contribution is -2.34. The van der Waals surface area contributed by atoms with Crippen LogP contribution in [-0.2, 0) is 7.05 Å². The lowest BCUT2D eigenvalue weighted by Gasteiger charge is -2.24. The van der Waals surface area contributed by atoms with Crippen molar-refractivity contribution >= 4 is 21.7 Å². The third-order valence-corrected chi connectivity index (χ3v) is 7.98. The van der Waals surface area contributed by atoms with Crippen molar-refractivity contribution in [3.05, 3.63) is 64.7 Å². The van der Waals surface area contributed by atoms with Crippen LogP contribution in [0.5, 0.6) is 11.5 Å². The van der Waals surface area contributed by atoms with Crippen LogP contribution >= 0.6 is 0 Å². The van der Waals surface area contributed by atoms with E-state index < -0.39 is 0 Å². The molecule has 2 aliphatic rings. The average Bonchev–Trinajstić information content (AvgIpc) is 3.31. The van der Waals surface area contributed by atoms with Crippen molar-refractivity contribution in [2.45, 2.75) is 65.2 Å². The fourth-order valence-electron chi connectivity index (χ4n) is 6.06. The van der Waals surface area contributed by atoms with E-state index >= 15 is 0 Å². The van der Waals surface area contributed by atoms with E-state index in [4.69, 9.17) is 4.74 Å². The maximum Gasteiger partial charge on any atom is 0.256 e. The Hall–Kier alpha value is -2.87. The third kappa shape index (κ3) is 2.75. The molecular formula is C30H32NO+. The second-order valence-electron chi connectivity index (χ2n) is 10.2. The molecule has 0 saturated heterocycles. The second-order valence-corrected chi connectivity index (χ2v) is 10.2. The van der Waals surface area contributed by atoms with Gasteiger partial charge in [0, 0.05) is 17.5 Å². The monoisotopic (exact) mass is 422 g/mol. The zero-order valence-corrected chi connectivity index (χ0v) is 19.9. The molecule has 2 heterocycles. The van der Waals surface area contributed by atoms with Gasteiger partial charge in [-0.1, -0.05) is 51.0 Å². The first-order chi connectivity index (χ1) is 15.4. The van der Waals surface area contributed by atoms with Crippen LogP contribution in [0.2, 0.25) is 0 Å². The molecule has 4 aromatic rings. The molecule has 0 bridgehead atoms. The molecule has 0 spiro atoms. The summed E-state index contributed by atoms with van der Waals surface area (Å²) in [7, 11) is 2.21. The minimum atomic E-state index is 0.465. The minimum Gasteiger partial charge on any atom is -0.450 e. The average molecular weight is 423 g/mol. The van der Waals surface area contributed by atoms with Gasteiger partial charge in [-0.2, -0.15) is 4.57 Å². The summed E-state index contributed by atoms with van der Waals surface area (Å²) in [6.07, 6.45) is 5.30. The summed E-state index contributed by atoms with van der Waals surface area (Å²) in [5, 5.41) is 3.90. The van der Waals surface area contributed by atoms with Crippen LogP contribution < -0.4 is 9.30 Å². The number of nitrogens with zero attached hydrogens (tertiary/aromatic N) is 1. The van der Waals surface area contributed by atoms with Gasteiger partial charge in [-0.15, -0.1) is 0 Å². The van der Waals surface area contributed by atoms with E-state index in [1.54, 1.807) is 0 Å². The third-order valence-electron chi connectivity index (χ3n) is 7.98. The van der Waals surface area contributed by atoms with E-state index in [9.17, 15) is 0 Å². The Kier molecular flexibility index (Phi) is 4.37. The van der Waals surface area contributed by atoms with Crippen LogP contribution in [0.25, 0.3) is 32.9 Å². The Morgan fingerprint density at radius 1 is 0.969 bits per heavy atom. The molecule has 0 atom stereocenters. The number of fused-ring (bicyclic) bond motifs is 3. The van der Waals surface area contributed by atoms with Gasteiger partial charge >= 0.3 is 0 Å². The first-order valence-corrected chi connectivity index (χ1v) is 12.2. The number of hydrogen-bond donors (Lipinski definition) is 0. The summed E-state index contributed by atoms with van der Waals surface area (Å²) in [6.45, 7) is 9.02. The lowest BCUT2D eigenvalue weighted by molar-refractivity contribution is -0.633. The molecule has 1 aliphatic carbocycles. The van der Waals surface area contributed by atoms with E-state index in [0.717, 1.165) is 11.5 Å². The van der Waals surface area contributed by atoms with Crippen LogP contribution in [0, 0.1) is 13.8 Å². The number of aromatic nitrogens is 1. The minimum absolute atomic E-state index is 0.465. The van der Waals surface area contributed by atoms with Crippen LogP contribution in [0.15, 0.2) is 42.5 Å². The maximum atomic E-state index is 6.72. The first kappa shape index (κ1) is 19.8. The summed E-state index contributed by atoms with van der Waals surface area (Å²) in [5.41, 5.74) is 9.36. The van der Waals surface area contributed by atoms with Gasteiger partial charge < -0.3 is 4.74 Å². The smallest absolute Gasteiger partial charge is 0.256 e. The van der Waals surface area contributed by atoms with E-state index in [2.05, 4.69) is 81.8 Å². The zero-order chi connectivity index (χ0) is 22.1. The lowest BCUT2D eigenvalue weighted by atomic mass is 9.87. The number of hydrogen-bond acceptors (Lipinski definition) is 1. The Morgan fingerprint density at radius 2 is 1.75 bits per heavy atom. The Labute approximate surface area is 190 Å². The van der Waals surface area contributed by atoms with Crippen molar-refractivity contribution in [3.63, 3.8) is 0 Å². The van der Waals surface area contributed by atoms with Crippen LogP contribution in [0.4, 0.5) is 0 Å².